The molecule has 0 aliphatic carbocycles. The Balaban J connectivity index is 2.24. The second-order valence-corrected chi connectivity index (χ2v) is 3.97. The Morgan fingerprint density at radius 1 is 1.30 bits per heavy atom. The van der Waals surface area contributed by atoms with Gasteiger partial charge in [0.05, 0.1) is 12.9 Å². The van der Waals surface area contributed by atoms with E-state index >= 15 is 0 Å². The predicted molar refractivity (Wildman–Crippen MR) is 62.3 cm³/mol. The molecule has 1 amide bonds. The second-order valence-electron chi connectivity index (χ2n) is 3.97. The fourth-order valence-corrected chi connectivity index (χ4v) is 1.69. The van der Waals surface area contributed by atoms with Crippen LogP contribution in [0.25, 0.3) is 0 Å². The van der Waals surface area contributed by atoms with Crippen LogP contribution in [0.15, 0.2) is 34.9 Å². The number of furan rings is 1. The highest BCUT2D eigenvalue weighted by atomic mass is 19.1. The van der Waals surface area contributed by atoms with E-state index in [2.05, 4.69) is 5.32 Å². The van der Waals surface area contributed by atoms with Crippen LogP contribution in [0.5, 0.6) is 0 Å². The molecular formula is C13H10F3NO3. The molecule has 1 aromatic heterocycles. The minimum atomic E-state index is -1.32. The maximum Gasteiger partial charge on any atom is 0.257 e. The first-order chi connectivity index (χ1) is 9.52. The van der Waals surface area contributed by atoms with E-state index in [0.717, 1.165) is 0 Å². The van der Waals surface area contributed by atoms with Crippen molar-refractivity contribution in [2.24, 2.45) is 0 Å². The third-order valence-corrected chi connectivity index (χ3v) is 2.61. The van der Waals surface area contributed by atoms with Crippen LogP contribution in [0.3, 0.4) is 0 Å². The summed E-state index contributed by atoms with van der Waals surface area (Å²) < 4.78 is 44.6. The van der Waals surface area contributed by atoms with Gasteiger partial charge in [0, 0.05) is 12.1 Å². The lowest BCUT2D eigenvalue weighted by Crippen LogP contribution is -2.31. The molecular weight excluding hydrogens is 275 g/mol. The first kappa shape index (κ1) is 14.1. The molecule has 1 unspecified atom stereocenters. The number of hydrogen-bond donors (Lipinski definition) is 2. The Kier molecular flexibility index (Phi) is 4.09. The number of aliphatic hydroxyl groups is 1. The second kappa shape index (κ2) is 5.79. The van der Waals surface area contributed by atoms with Gasteiger partial charge in [-0.1, -0.05) is 0 Å². The van der Waals surface area contributed by atoms with Crippen LogP contribution in [0.1, 0.15) is 22.2 Å². The molecule has 4 nitrogen and oxygen atoms in total. The van der Waals surface area contributed by atoms with Crippen molar-refractivity contribution >= 4 is 5.91 Å². The van der Waals surface area contributed by atoms with Gasteiger partial charge >= 0.3 is 0 Å². The average Bonchev–Trinajstić information content (AvgIpc) is 2.88. The maximum atomic E-state index is 13.4. The summed E-state index contributed by atoms with van der Waals surface area (Å²) >= 11 is 0. The van der Waals surface area contributed by atoms with Crippen LogP contribution in [-0.2, 0) is 0 Å². The first-order valence-electron chi connectivity index (χ1n) is 5.62. The van der Waals surface area contributed by atoms with Crippen molar-refractivity contribution in [1.29, 1.82) is 0 Å². The molecule has 2 N–H and O–H groups in total. The summed E-state index contributed by atoms with van der Waals surface area (Å²) in [6.07, 6.45) is 1.32. The van der Waals surface area contributed by atoms with Gasteiger partial charge in [-0.25, -0.2) is 13.2 Å². The maximum absolute atomic E-state index is 13.4. The molecule has 2 rings (SSSR count). The van der Waals surface area contributed by atoms with Crippen molar-refractivity contribution in [3.8, 4) is 0 Å². The van der Waals surface area contributed by atoms with E-state index in [1.165, 1.54) is 18.4 Å². The summed E-state index contributed by atoms with van der Waals surface area (Å²) in [6, 6.07) is 2.86. The predicted octanol–water partition coefficient (Wildman–Crippen LogP) is 2.16. The number of carbonyl (C=O) groups excluding carboxylic acids is 1. The summed E-state index contributed by atoms with van der Waals surface area (Å²) in [5.74, 6) is -4.66. The van der Waals surface area contributed by atoms with Crippen molar-refractivity contribution in [2.45, 2.75) is 6.04 Å². The number of benzene rings is 1. The van der Waals surface area contributed by atoms with E-state index in [9.17, 15) is 18.0 Å². The highest BCUT2D eigenvalue weighted by molar-refractivity contribution is 5.95. The van der Waals surface area contributed by atoms with E-state index in [1.807, 2.05) is 0 Å². The molecule has 0 bridgehead atoms. The lowest BCUT2D eigenvalue weighted by atomic mass is 10.1. The molecule has 0 aliphatic rings. The topological polar surface area (TPSA) is 62.5 Å². The molecule has 0 saturated carbocycles. The molecule has 0 spiro atoms. The number of amides is 1. The zero-order valence-electron chi connectivity index (χ0n) is 10.1. The van der Waals surface area contributed by atoms with Gasteiger partial charge in [0.25, 0.3) is 5.91 Å². The van der Waals surface area contributed by atoms with Crippen LogP contribution < -0.4 is 5.32 Å². The van der Waals surface area contributed by atoms with Crippen LogP contribution >= 0.6 is 0 Å². The third kappa shape index (κ3) is 2.83. The number of aliphatic hydroxyl groups excluding tert-OH is 1. The van der Waals surface area contributed by atoms with Gasteiger partial charge in [-0.15, -0.1) is 0 Å². The van der Waals surface area contributed by atoms with Gasteiger partial charge in [0.15, 0.2) is 0 Å². The lowest BCUT2D eigenvalue weighted by molar-refractivity contribution is 0.0898. The van der Waals surface area contributed by atoms with Crippen molar-refractivity contribution in [3.05, 3.63) is 59.3 Å². The Labute approximate surface area is 111 Å². The molecule has 20 heavy (non-hydrogen) atoms. The standard InChI is InChI=1S/C13H10F3NO3/c14-7-4-8(15)12(9(16)5-7)13(19)17-10(6-18)11-2-1-3-20-11/h1-5,10,18H,6H2,(H,17,19). The van der Waals surface area contributed by atoms with Gasteiger partial charge < -0.3 is 14.8 Å². The smallest absolute Gasteiger partial charge is 0.257 e. The number of halogens is 3. The number of carbonyl (C=O) groups is 1. The minimum Gasteiger partial charge on any atom is -0.467 e. The molecule has 106 valence electrons. The van der Waals surface area contributed by atoms with Crippen LogP contribution in [0, 0.1) is 17.5 Å². The molecule has 7 heteroatoms. The highest BCUT2D eigenvalue weighted by Crippen LogP contribution is 2.18. The van der Waals surface area contributed by atoms with Gasteiger partial charge in [-0.2, -0.15) is 0 Å². The van der Waals surface area contributed by atoms with Crippen LogP contribution in [0.2, 0.25) is 0 Å². The highest BCUT2D eigenvalue weighted by Gasteiger charge is 2.23. The third-order valence-electron chi connectivity index (χ3n) is 2.61. The number of hydrogen-bond acceptors (Lipinski definition) is 3. The Morgan fingerprint density at radius 3 is 2.45 bits per heavy atom. The normalized spacial score (nSPS) is 12.2. The van der Waals surface area contributed by atoms with E-state index in [-0.39, 0.29) is 5.76 Å². The average molecular weight is 285 g/mol. The summed E-state index contributed by atoms with van der Waals surface area (Å²) in [7, 11) is 0. The first-order valence-corrected chi connectivity index (χ1v) is 5.62. The molecule has 1 aromatic carbocycles. The number of rotatable bonds is 4. The number of nitrogens with one attached hydrogen (secondary N) is 1. The largest absolute Gasteiger partial charge is 0.467 e. The molecule has 0 radical (unpaired) electrons. The monoisotopic (exact) mass is 285 g/mol. The summed E-state index contributed by atoms with van der Waals surface area (Å²) in [5.41, 5.74) is -0.920. The van der Waals surface area contributed by atoms with Crippen LogP contribution in [-0.4, -0.2) is 17.6 Å². The summed E-state index contributed by atoms with van der Waals surface area (Å²) in [5, 5.41) is 11.4. The summed E-state index contributed by atoms with van der Waals surface area (Å²) in [4.78, 5) is 11.8. The zero-order chi connectivity index (χ0) is 14.7. The molecule has 0 saturated heterocycles. The van der Waals surface area contributed by atoms with Crippen LogP contribution in [0.4, 0.5) is 13.2 Å². The van der Waals surface area contributed by atoms with Crippen molar-refractivity contribution in [2.75, 3.05) is 6.61 Å². The molecule has 1 atom stereocenters. The van der Waals surface area contributed by atoms with Crippen molar-refractivity contribution in [3.63, 3.8) is 0 Å². The van der Waals surface area contributed by atoms with E-state index < -0.39 is 41.6 Å². The molecule has 0 aliphatic heterocycles. The molecule has 2 aromatic rings. The molecule has 1 heterocycles. The minimum absolute atomic E-state index is 0.226. The lowest BCUT2D eigenvalue weighted by Gasteiger charge is -2.14. The molecule has 0 fully saturated rings. The quantitative estimate of drug-likeness (QED) is 0.905. The fraction of sp³-hybridized carbons (Fsp3) is 0.154. The van der Waals surface area contributed by atoms with Crippen molar-refractivity contribution in [1.82, 2.24) is 5.32 Å². The zero-order valence-corrected chi connectivity index (χ0v) is 10.1. The Hall–Kier alpha value is -2.28. The van der Waals surface area contributed by atoms with Gasteiger partial charge in [0.1, 0.15) is 34.8 Å². The Bertz CT molecular complexity index is 590. The SMILES string of the molecule is O=C(NC(CO)c1ccco1)c1c(F)cc(F)cc1F. The van der Waals surface area contributed by atoms with Crippen molar-refractivity contribution < 1.29 is 27.5 Å². The fourth-order valence-electron chi connectivity index (χ4n) is 1.69. The van der Waals surface area contributed by atoms with Gasteiger partial charge in [0.2, 0.25) is 0 Å². The van der Waals surface area contributed by atoms with E-state index in [1.54, 1.807) is 0 Å². The van der Waals surface area contributed by atoms with Gasteiger partial charge in [-0.3, -0.25) is 4.79 Å². The Morgan fingerprint density at radius 2 is 1.95 bits per heavy atom. The summed E-state index contributed by atoms with van der Waals surface area (Å²) in [6.45, 7) is -0.524. The van der Waals surface area contributed by atoms with Gasteiger partial charge in [-0.05, 0) is 12.1 Å². The van der Waals surface area contributed by atoms with E-state index in [4.69, 9.17) is 9.52 Å². The van der Waals surface area contributed by atoms with E-state index in [0.29, 0.717) is 12.1 Å².